The zero-order valence-electron chi connectivity index (χ0n) is 14.9. The molecule has 2 aromatic rings. The maximum Gasteiger partial charge on any atom is 0.285 e. The Bertz CT molecular complexity index is 859. The number of nitrogens with zero attached hydrogens (tertiary/aromatic N) is 3. The van der Waals surface area contributed by atoms with Crippen molar-refractivity contribution in [3.05, 3.63) is 50.9 Å². The van der Waals surface area contributed by atoms with Crippen molar-refractivity contribution in [2.24, 2.45) is 0 Å². The van der Waals surface area contributed by atoms with E-state index in [0.29, 0.717) is 38.4 Å². The minimum Gasteiger partial charge on any atom is -0.366 e. The van der Waals surface area contributed by atoms with Crippen molar-refractivity contribution >= 4 is 28.9 Å². The molecule has 1 aliphatic heterocycles. The summed E-state index contributed by atoms with van der Waals surface area (Å²) < 4.78 is 0. The van der Waals surface area contributed by atoms with Crippen LogP contribution in [0, 0.1) is 13.8 Å². The van der Waals surface area contributed by atoms with Crippen LogP contribution in [0.25, 0.3) is 0 Å². The molecule has 1 aromatic carbocycles. The second kappa shape index (κ2) is 7.88. The van der Waals surface area contributed by atoms with E-state index in [-0.39, 0.29) is 16.5 Å². The summed E-state index contributed by atoms with van der Waals surface area (Å²) in [7, 11) is 0. The molecule has 7 nitrogen and oxygen atoms in total. The zero-order chi connectivity index (χ0) is 18.7. The third-order valence-corrected chi connectivity index (χ3v) is 5.10. The molecule has 1 saturated heterocycles. The number of rotatable bonds is 4. The van der Waals surface area contributed by atoms with E-state index in [0.717, 1.165) is 16.8 Å². The molecular formula is C18H22ClN5O2. The standard InChI is InChI=1S/C18H22ClN5O2/c1-12-4-3-5-14(13(12)2)21-16(25)11-23-6-8-24(9-7-23)15-10-20-22-18(26)17(15)19/h3-5,10H,6-9,11H2,1-2H3,(H,21,25)(H,22,26). The molecule has 138 valence electrons. The van der Waals surface area contributed by atoms with Crippen molar-refractivity contribution < 1.29 is 4.79 Å². The van der Waals surface area contributed by atoms with E-state index in [4.69, 9.17) is 11.6 Å². The van der Waals surface area contributed by atoms with Crippen LogP contribution in [0.3, 0.4) is 0 Å². The lowest BCUT2D eigenvalue weighted by Crippen LogP contribution is -2.49. The summed E-state index contributed by atoms with van der Waals surface area (Å²) in [6.45, 7) is 7.15. The molecule has 1 aliphatic rings. The molecule has 0 unspecified atom stereocenters. The van der Waals surface area contributed by atoms with E-state index < -0.39 is 0 Å². The first kappa shape index (κ1) is 18.4. The molecule has 0 saturated carbocycles. The smallest absolute Gasteiger partial charge is 0.285 e. The van der Waals surface area contributed by atoms with Gasteiger partial charge >= 0.3 is 0 Å². The normalized spacial score (nSPS) is 15.1. The van der Waals surface area contributed by atoms with Gasteiger partial charge in [-0.05, 0) is 31.0 Å². The summed E-state index contributed by atoms with van der Waals surface area (Å²) in [5.74, 6) is -0.0250. The molecule has 0 aliphatic carbocycles. The highest BCUT2D eigenvalue weighted by Gasteiger charge is 2.22. The predicted molar refractivity (Wildman–Crippen MR) is 103 cm³/mol. The van der Waals surface area contributed by atoms with Gasteiger partial charge in [0.2, 0.25) is 5.91 Å². The van der Waals surface area contributed by atoms with Gasteiger partial charge in [0.25, 0.3) is 5.56 Å². The van der Waals surface area contributed by atoms with Gasteiger partial charge in [-0.2, -0.15) is 5.10 Å². The number of aryl methyl sites for hydroxylation is 1. The first-order chi connectivity index (χ1) is 12.5. The number of nitrogens with one attached hydrogen (secondary N) is 2. The lowest BCUT2D eigenvalue weighted by molar-refractivity contribution is -0.117. The molecule has 2 heterocycles. The summed E-state index contributed by atoms with van der Waals surface area (Å²) in [5.41, 5.74) is 3.34. The van der Waals surface area contributed by atoms with Crippen LogP contribution in [0.2, 0.25) is 5.02 Å². The lowest BCUT2D eigenvalue weighted by atomic mass is 10.1. The molecular weight excluding hydrogens is 354 g/mol. The van der Waals surface area contributed by atoms with Crippen LogP contribution in [-0.4, -0.2) is 53.7 Å². The number of aromatic amines is 1. The van der Waals surface area contributed by atoms with E-state index in [1.807, 2.05) is 36.9 Å². The van der Waals surface area contributed by atoms with Gasteiger partial charge in [-0.3, -0.25) is 14.5 Å². The fourth-order valence-corrected chi connectivity index (χ4v) is 3.23. The second-order valence-corrected chi connectivity index (χ2v) is 6.84. The average Bonchev–Trinajstić information content (AvgIpc) is 2.62. The number of aromatic nitrogens is 2. The lowest BCUT2D eigenvalue weighted by Gasteiger charge is -2.35. The van der Waals surface area contributed by atoms with Gasteiger partial charge < -0.3 is 10.2 Å². The minimum atomic E-state index is -0.389. The average molecular weight is 376 g/mol. The number of hydrogen-bond acceptors (Lipinski definition) is 5. The Morgan fingerprint density at radius 3 is 2.73 bits per heavy atom. The summed E-state index contributed by atoms with van der Waals surface area (Å²) in [6, 6.07) is 5.88. The summed E-state index contributed by atoms with van der Waals surface area (Å²) in [4.78, 5) is 28.0. The molecule has 8 heteroatoms. The third-order valence-electron chi connectivity index (χ3n) is 4.74. The van der Waals surface area contributed by atoms with Crippen LogP contribution in [0.4, 0.5) is 11.4 Å². The predicted octanol–water partition coefficient (Wildman–Crippen LogP) is 1.80. The van der Waals surface area contributed by atoms with Gasteiger partial charge in [0.05, 0.1) is 18.4 Å². The number of hydrogen-bond donors (Lipinski definition) is 2. The highest BCUT2D eigenvalue weighted by atomic mass is 35.5. The van der Waals surface area contributed by atoms with Gasteiger partial charge in [0, 0.05) is 31.9 Å². The first-order valence-corrected chi connectivity index (χ1v) is 8.90. The SMILES string of the molecule is Cc1cccc(NC(=O)CN2CCN(c3cn[nH]c(=O)c3Cl)CC2)c1C. The van der Waals surface area contributed by atoms with Crippen LogP contribution in [-0.2, 0) is 4.79 Å². The second-order valence-electron chi connectivity index (χ2n) is 6.46. The van der Waals surface area contributed by atoms with Crippen LogP contribution >= 0.6 is 11.6 Å². The molecule has 0 spiro atoms. The zero-order valence-corrected chi connectivity index (χ0v) is 15.6. The number of anilines is 2. The van der Waals surface area contributed by atoms with Crippen LogP contribution in [0.15, 0.2) is 29.2 Å². The summed E-state index contributed by atoms with van der Waals surface area (Å²) >= 11 is 6.06. The van der Waals surface area contributed by atoms with Crippen molar-refractivity contribution in [1.29, 1.82) is 0 Å². The van der Waals surface area contributed by atoms with Gasteiger partial charge in [-0.1, -0.05) is 23.7 Å². The van der Waals surface area contributed by atoms with Gasteiger partial charge in [0.15, 0.2) is 0 Å². The molecule has 1 amide bonds. The van der Waals surface area contributed by atoms with Crippen molar-refractivity contribution in [2.45, 2.75) is 13.8 Å². The van der Waals surface area contributed by atoms with E-state index in [9.17, 15) is 9.59 Å². The molecule has 3 rings (SSSR count). The largest absolute Gasteiger partial charge is 0.366 e. The Labute approximate surface area is 157 Å². The Kier molecular flexibility index (Phi) is 5.58. The Morgan fingerprint density at radius 2 is 2.00 bits per heavy atom. The Balaban J connectivity index is 1.55. The molecule has 0 atom stereocenters. The van der Waals surface area contributed by atoms with Gasteiger partial charge in [-0.25, -0.2) is 5.10 Å². The fourth-order valence-electron chi connectivity index (χ4n) is 3.02. The van der Waals surface area contributed by atoms with Crippen LogP contribution in [0.1, 0.15) is 11.1 Å². The van der Waals surface area contributed by atoms with Crippen molar-refractivity contribution in [2.75, 3.05) is 42.9 Å². The van der Waals surface area contributed by atoms with E-state index in [1.54, 1.807) is 6.20 Å². The topological polar surface area (TPSA) is 81.3 Å². The maximum absolute atomic E-state index is 12.4. The summed E-state index contributed by atoms with van der Waals surface area (Å²) in [6.07, 6.45) is 1.56. The molecule has 1 aromatic heterocycles. The number of amides is 1. The molecule has 0 bridgehead atoms. The van der Waals surface area contributed by atoms with E-state index in [2.05, 4.69) is 20.4 Å². The number of H-pyrrole nitrogens is 1. The highest BCUT2D eigenvalue weighted by Crippen LogP contribution is 2.22. The quantitative estimate of drug-likeness (QED) is 0.851. The number of piperazine rings is 1. The van der Waals surface area contributed by atoms with Crippen LogP contribution < -0.4 is 15.8 Å². The fraction of sp³-hybridized carbons (Fsp3) is 0.389. The highest BCUT2D eigenvalue weighted by molar-refractivity contribution is 6.33. The first-order valence-electron chi connectivity index (χ1n) is 8.52. The molecule has 26 heavy (non-hydrogen) atoms. The number of benzene rings is 1. The van der Waals surface area contributed by atoms with Gasteiger partial charge in [0.1, 0.15) is 5.02 Å². The molecule has 0 radical (unpaired) electrons. The molecule has 2 N–H and O–H groups in total. The molecule has 1 fully saturated rings. The van der Waals surface area contributed by atoms with Crippen molar-refractivity contribution in [3.8, 4) is 0 Å². The van der Waals surface area contributed by atoms with Crippen molar-refractivity contribution in [1.82, 2.24) is 15.1 Å². The summed E-state index contributed by atoms with van der Waals surface area (Å²) in [5, 5.41) is 9.27. The van der Waals surface area contributed by atoms with Crippen molar-refractivity contribution in [3.63, 3.8) is 0 Å². The van der Waals surface area contributed by atoms with Crippen LogP contribution in [0.5, 0.6) is 0 Å². The Morgan fingerprint density at radius 1 is 1.27 bits per heavy atom. The number of carbonyl (C=O) groups is 1. The maximum atomic E-state index is 12.4. The van der Waals surface area contributed by atoms with Gasteiger partial charge in [-0.15, -0.1) is 0 Å². The minimum absolute atomic E-state index is 0.0250. The number of halogens is 1. The van der Waals surface area contributed by atoms with E-state index >= 15 is 0 Å². The Hall–Kier alpha value is -2.38. The third kappa shape index (κ3) is 4.05. The monoisotopic (exact) mass is 375 g/mol. The number of carbonyl (C=O) groups excluding carboxylic acids is 1. The van der Waals surface area contributed by atoms with E-state index in [1.165, 1.54) is 0 Å².